The zero-order valence-electron chi connectivity index (χ0n) is 9.99. The largest absolute Gasteiger partial charge is 0.481 e. The Hall–Kier alpha value is -0.380. The van der Waals surface area contributed by atoms with Gasteiger partial charge in [0.2, 0.25) is 0 Å². The molecule has 0 bridgehead atoms. The van der Waals surface area contributed by atoms with Crippen LogP contribution in [0.4, 0.5) is 0 Å². The molecular weight excluding hydrogens is 291 g/mol. The van der Waals surface area contributed by atoms with Gasteiger partial charge in [-0.15, -0.1) is 11.8 Å². The highest BCUT2D eigenvalue weighted by molar-refractivity contribution is 8.03. The number of thioether (sulfide) groups is 1. The summed E-state index contributed by atoms with van der Waals surface area (Å²) in [5, 5.41) is 9.66. The number of halogens is 2. The van der Waals surface area contributed by atoms with E-state index in [0.717, 1.165) is 31.4 Å². The van der Waals surface area contributed by atoms with Crippen LogP contribution in [-0.2, 0) is 4.79 Å². The van der Waals surface area contributed by atoms with Crippen LogP contribution in [-0.4, -0.2) is 16.8 Å². The summed E-state index contributed by atoms with van der Waals surface area (Å²) in [6.45, 7) is 0. The molecule has 2 nitrogen and oxygen atoms in total. The van der Waals surface area contributed by atoms with E-state index in [9.17, 15) is 4.79 Å². The summed E-state index contributed by atoms with van der Waals surface area (Å²) in [5.74, 6) is 0.270. The molecule has 5 heteroatoms. The molecule has 0 spiro atoms. The molecule has 0 amide bonds. The predicted molar refractivity (Wildman–Crippen MR) is 79.1 cm³/mol. The first-order chi connectivity index (χ1) is 8.59. The highest BCUT2D eigenvalue weighted by atomic mass is 35.5. The minimum absolute atomic E-state index is 0.264. The number of carbonyl (C=O) groups is 1. The summed E-state index contributed by atoms with van der Waals surface area (Å²) in [4.78, 5) is 11.5. The Morgan fingerprint density at radius 1 is 1.28 bits per heavy atom. The lowest BCUT2D eigenvalue weighted by atomic mass is 10.2. The Morgan fingerprint density at radius 2 is 2.06 bits per heavy atom. The SMILES string of the molecule is O=C(O)CCCCCSC1=CC(Cl)=C(Cl)C=CC1. The van der Waals surface area contributed by atoms with Crippen LogP contribution in [0.15, 0.2) is 33.2 Å². The van der Waals surface area contributed by atoms with Crippen LogP contribution in [0.5, 0.6) is 0 Å². The van der Waals surface area contributed by atoms with Crippen molar-refractivity contribution in [3.8, 4) is 0 Å². The molecule has 0 fully saturated rings. The van der Waals surface area contributed by atoms with Crippen molar-refractivity contribution in [2.45, 2.75) is 32.1 Å². The lowest BCUT2D eigenvalue weighted by Gasteiger charge is -2.03. The second-order valence-corrected chi connectivity index (χ2v) is 6.00. The smallest absolute Gasteiger partial charge is 0.303 e. The van der Waals surface area contributed by atoms with E-state index in [1.54, 1.807) is 11.8 Å². The van der Waals surface area contributed by atoms with Crippen LogP contribution < -0.4 is 0 Å². The fourth-order valence-corrected chi connectivity index (χ4v) is 2.92. The van der Waals surface area contributed by atoms with Crippen molar-refractivity contribution in [1.82, 2.24) is 0 Å². The highest BCUT2D eigenvalue weighted by Crippen LogP contribution is 2.29. The van der Waals surface area contributed by atoms with Gasteiger partial charge in [-0.1, -0.05) is 35.7 Å². The molecule has 0 aromatic carbocycles. The molecule has 18 heavy (non-hydrogen) atoms. The summed E-state index contributed by atoms with van der Waals surface area (Å²) in [6, 6.07) is 0. The lowest BCUT2D eigenvalue weighted by molar-refractivity contribution is -0.137. The van der Waals surface area contributed by atoms with Gasteiger partial charge >= 0.3 is 5.97 Å². The van der Waals surface area contributed by atoms with E-state index in [2.05, 4.69) is 0 Å². The average Bonchev–Trinajstić information content (AvgIpc) is 2.46. The van der Waals surface area contributed by atoms with Crippen molar-refractivity contribution < 1.29 is 9.90 Å². The average molecular weight is 307 g/mol. The number of carboxylic acid groups (broad SMARTS) is 1. The van der Waals surface area contributed by atoms with E-state index < -0.39 is 5.97 Å². The first kappa shape index (κ1) is 15.7. The van der Waals surface area contributed by atoms with Gasteiger partial charge < -0.3 is 5.11 Å². The maximum atomic E-state index is 10.3. The highest BCUT2D eigenvalue weighted by Gasteiger charge is 2.05. The zero-order valence-corrected chi connectivity index (χ0v) is 12.3. The molecule has 0 radical (unpaired) electrons. The maximum Gasteiger partial charge on any atom is 0.303 e. The van der Waals surface area contributed by atoms with Gasteiger partial charge in [0.25, 0.3) is 0 Å². The van der Waals surface area contributed by atoms with Gasteiger partial charge in [0.1, 0.15) is 0 Å². The molecule has 0 saturated heterocycles. The molecule has 1 rings (SSSR count). The van der Waals surface area contributed by atoms with Crippen LogP contribution in [0, 0.1) is 0 Å². The number of carboxylic acids is 1. The van der Waals surface area contributed by atoms with Crippen molar-refractivity contribution in [2.24, 2.45) is 0 Å². The molecule has 100 valence electrons. The van der Waals surface area contributed by atoms with Crippen LogP contribution in [0.2, 0.25) is 0 Å². The Bertz CT molecular complexity index is 386. The third-order valence-electron chi connectivity index (χ3n) is 2.42. The summed E-state index contributed by atoms with van der Waals surface area (Å²) < 4.78 is 0. The summed E-state index contributed by atoms with van der Waals surface area (Å²) in [7, 11) is 0. The molecular formula is C13H16Cl2O2S. The third kappa shape index (κ3) is 6.53. The number of aliphatic carboxylic acids is 1. The monoisotopic (exact) mass is 306 g/mol. The van der Waals surface area contributed by atoms with Crippen molar-refractivity contribution in [3.05, 3.63) is 33.2 Å². The molecule has 0 unspecified atom stereocenters. The lowest BCUT2D eigenvalue weighted by Crippen LogP contribution is -1.94. The molecule has 0 saturated carbocycles. The minimum Gasteiger partial charge on any atom is -0.481 e. The van der Waals surface area contributed by atoms with Crippen LogP contribution >= 0.6 is 35.0 Å². The second-order valence-electron chi connectivity index (χ2n) is 3.97. The van der Waals surface area contributed by atoms with Crippen LogP contribution in [0.3, 0.4) is 0 Å². The number of rotatable bonds is 7. The molecule has 1 aliphatic rings. The Balaban J connectivity index is 2.22. The van der Waals surface area contributed by atoms with E-state index in [-0.39, 0.29) is 6.42 Å². The van der Waals surface area contributed by atoms with Crippen LogP contribution in [0.25, 0.3) is 0 Å². The predicted octanol–water partition coefficient (Wildman–Crippen LogP) is 4.90. The number of allylic oxidation sites excluding steroid dienone is 6. The van der Waals surface area contributed by atoms with Gasteiger partial charge in [-0.2, -0.15) is 0 Å². The van der Waals surface area contributed by atoms with Gasteiger partial charge in [-0.05, 0) is 42.1 Å². The second kappa shape index (κ2) is 8.68. The Labute approximate surface area is 122 Å². The van der Waals surface area contributed by atoms with Gasteiger partial charge in [-0.25, -0.2) is 0 Å². The topological polar surface area (TPSA) is 37.3 Å². The standard InChI is InChI=1S/C13H16Cl2O2S/c14-11-6-4-5-10(9-12(11)15)18-8-3-1-2-7-13(16)17/h4,6,9H,1-3,5,7-8H2,(H,16,17). The minimum atomic E-state index is -0.717. The van der Waals surface area contributed by atoms with Crippen molar-refractivity contribution in [1.29, 1.82) is 0 Å². The van der Waals surface area contributed by atoms with Gasteiger partial charge in [0.05, 0.1) is 10.1 Å². The fourth-order valence-electron chi connectivity index (χ4n) is 1.49. The molecule has 0 aromatic heterocycles. The van der Waals surface area contributed by atoms with Gasteiger partial charge in [0.15, 0.2) is 0 Å². The Kier molecular flexibility index (Phi) is 7.56. The number of unbranched alkanes of at least 4 members (excludes halogenated alkanes) is 2. The van der Waals surface area contributed by atoms with Crippen LogP contribution in [0.1, 0.15) is 32.1 Å². The molecule has 0 aromatic rings. The molecule has 1 aliphatic carbocycles. The van der Waals surface area contributed by atoms with E-state index in [0.29, 0.717) is 10.1 Å². The molecule has 0 atom stereocenters. The zero-order chi connectivity index (χ0) is 13.4. The summed E-state index contributed by atoms with van der Waals surface area (Å²) in [5.41, 5.74) is 0. The van der Waals surface area contributed by atoms with E-state index in [1.165, 1.54) is 4.91 Å². The van der Waals surface area contributed by atoms with Gasteiger partial charge in [0, 0.05) is 6.42 Å². The summed E-state index contributed by atoms with van der Waals surface area (Å²) in [6.07, 6.45) is 9.57. The normalized spacial score (nSPS) is 15.6. The van der Waals surface area contributed by atoms with E-state index in [4.69, 9.17) is 28.3 Å². The molecule has 1 N–H and O–H groups in total. The van der Waals surface area contributed by atoms with Gasteiger partial charge in [-0.3, -0.25) is 4.79 Å². The molecule has 0 aliphatic heterocycles. The first-order valence-corrected chi connectivity index (χ1v) is 7.60. The maximum absolute atomic E-state index is 10.3. The Morgan fingerprint density at radius 3 is 2.78 bits per heavy atom. The quantitative estimate of drug-likeness (QED) is 0.680. The fraction of sp³-hybridized carbons (Fsp3) is 0.462. The van der Waals surface area contributed by atoms with Crippen molar-refractivity contribution >= 4 is 40.9 Å². The third-order valence-corrected chi connectivity index (χ3v) is 4.31. The summed E-state index contributed by atoms with van der Waals surface area (Å²) >= 11 is 13.7. The van der Waals surface area contributed by atoms with Crippen molar-refractivity contribution in [2.75, 3.05) is 5.75 Å². The molecule has 0 heterocycles. The number of hydrogen-bond donors (Lipinski definition) is 1. The van der Waals surface area contributed by atoms with E-state index in [1.807, 2.05) is 18.2 Å². The first-order valence-electron chi connectivity index (χ1n) is 5.86. The number of hydrogen-bond acceptors (Lipinski definition) is 2. The van der Waals surface area contributed by atoms with Crippen molar-refractivity contribution in [3.63, 3.8) is 0 Å². The van der Waals surface area contributed by atoms with E-state index >= 15 is 0 Å².